The van der Waals surface area contributed by atoms with Crippen molar-refractivity contribution < 1.29 is 28.2 Å². The molecule has 1 saturated heterocycles. The van der Waals surface area contributed by atoms with E-state index in [9.17, 15) is 14.4 Å². The Hall–Kier alpha value is -3.60. The number of nitrogens with two attached hydrogens (primary N) is 1. The van der Waals surface area contributed by atoms with Crippen LogP contribution in [0.15, 0.2) is 23.1 Å². The molecule has 1 saturated carbocycles. The number of carbonyl (C=O) groups excluding carboxylic acids is 2. The molecular formula is C29H34FN3O6S. The number of fused-ring (bicyclic) bond motifs is 2. The van der Waals surface area contributed by atoms with Crippen LogP contribution in [0, 0.1) is 17.2 Å². The van der Waals surface area contributed by atoms with Gasteiger partial charge >= 0.3 is 5.97 Å². The standard InChI is InChI=1S/C29H34FN3O6S/c1-14(31)16-9-10-32(12-16)22-19(30)11-18-21(25(22)37-6)33(17-7-8-17)27-20(23(18)35)24(26(40-27)15(2)34)38-13-39-28(36)29(3,4)5/h11,16-17H,1,7-10,12-13,31H2,2-6H3/t16-/m1/s1. The van der Waals surface area contributed by atoms with Gasteiger partial charge in [0.05, 0.1) is 23.4 Å². The Morgan fingerprint density at radius 2 is 1.93 bits per heavy atom. The number of hydrogen-bond donors (Lipinski definition) is 1. The molecular weight excluding hydrogens is 537 g/mol. The topological polar surface area (TPSA) is 113 Å². The summed E-state index contributed by atoms with van der Waals surface area (Å²) in [6, 6.07) is 1.28. The summed E-state index contributed by atoms with van der Waals surface area (Å²) in [4.78, 5) is 41.6. The van der Waals surface area contributed by atoms with Crippen LogP contribution in [0.3, 0.4) is 0 Å². The SMILES string of the molecule is C=C(N)[C@@H]1CCN(c2c(F)cc3c(=O)c4c(OCOC(=O)C(C)(C)C)c(C(C)=O)sc4n(C4CC4)c3c2OC)C1. The molecule has 9 nitrogen and oxygen atoms in total. The highest BCUT2D eigenvalue weighted by molar-refractivity contribution is 7.21. The normalized spacial score (nSPS) is 17.4. The van der Waals surface area contributed by atoms with Crippen molar-refractivity contribution in [1.29, 1.82) is 0 Å². The molecule has 1 aliphatic heterocycles. The van der Waals surface area contributed by atoms with Gasteiger partial charge in [0, 0.05) is 37.7 Å². The van der Waals surface area contributed by atoms with Crippen molar-refractivity contribution in [2.75, 3.05) is 31.9 Å². The first kappa shape index (κ1) is 27.9. The maximum absolute atomic E-state index is 15.8. The predicted molar refractivity (Wildman–Crippen MR) is 153 cm³/mol. The fourth-order valence-electron chi connectivity index (χ4n) is 5.19. The highest BCUT2D eigenvalue weighted by Gasteiger charge is 2.36. The number of Topliss-reactive ketones (excluding diaryl/α,β-unsaturated/α-hetero) is 1. The lowest BCUT2D eigenvalue weighted by Crippen LogP contribution is -2.25. The lowest BCUT2D eigenvalue weighted by atomic mass is 9.98. The third kappa shape index (κ3) is 4.70. The monoisotopic (exact) mass is 571 g/mol. The predicted octanol–water partition coefficient (Wildman–Crippen LogP) is 5.13. The van der Waals surface area contributed by atoms with Crippen LogP contribution in [0.2, 0.25) is 0 Å². The van der Waals surface area contributed by atoms with Crippen LogP contribution in [-0.4, -0.2) is 43.3 Å². The molecule has 1 aromatic carbocycles. The van der Waals surface area contributed by atoms with Crippen molar-refractivity contribution in [3.05, 3.63) is 39.3 Å². The average Bonchev–Trinajstić information content (AvgIpc) is 3.45. The Morgan fingerprint density at radius 1 is 1.23 bits per heavy atom. The molecule has 0 unspecified atom stereocenters. The van der Waals surface area contributed by atoms with Crippen LogP contribution in [-0.2, 0) is 9.53 Å². The Labute approximate surface area is 235 Å². The minimum absolute atomic E-state index is 0.0235. The number of thiophene rings is 1. The number of pyridine rings is 1. The number of nitrogens with zero attached hydrogens (tertiary/aromatic N) is 2. The summed E-state index contributed by atoms with van der Waals surface area (Å²) >= 11 is 1.14. The fourth-order valence-corrected chi connectivity index (χ4v) is 6.41. The van der Waals surface area contributed by atoms with E-state index in [2.05, 4.69) is 6.58 Å². The van der Waals surface area contributed by atoms with E-state index in [1.54, 1.807) is 20.8 Å². The number of aromatic nitrogens is 1. The Kier molecular flexibility index (Phi) is 7.06. The second-order valence-electron chi connectivity index (χ2n) is 11.5. The maximum Gasteiger partial charge on any atom is 0.314 e. The number of esters is 1. The zero-order chi connectivity index (χ0) is 29.1. The van der Waals surface area contributed by atoms with Gasteiger partial charge < -0.3 is 29.4 Å². The third-order valence-electron chi connectivity index (χ3n) is 7.43. The number of carbonyl (C=O) groups is 2. The van der Waals surface area contributed by atoms with Crippen LogP contribution in [0.5, 0.6) is 11.5 Å². The molecule has 2 fully saturated rings. The zero-order valence-electron chi connectivity index (χ0n) is 23.4. The van der Waals surface area contributed by atoms with Crippen molar-refractivity contribution in [2.24, 2.45) is 17.1 Å². The Morgan fingerprint density at radius 3 is 2.48 bits per heavy atom. The number of halogens is 1. The van der Waals surface area contributed by atoms with Crippen molar-refractivity contribution >= 4 is 49.9 Å². The first-order chi connectivity index (χ1) is 18.8. The number of methoxy groups -OCH3 is 1. The molecule has 3 heterocycles. The van der Waals surface area contributed by atoms with Gasteiger partial charge in [-0.2, -0.15) is 0 Å². The van der Waals surface area contributed by atoms with Crippen molar-refractivity contribution in [3.63, 3.8) is 0 Å². The molecule has 2 aromatic heterocycles. The summed E-state index contributed by atoms with van der Waals surface area (Å²) < 4.78 is 34.7. The first-order valence-corrected chi connectivity index (χ1v) is 14.1. The lowest BCUT2D eigenvalue weighted by molar-refractivity contribution is -0.159. The molecule has 40 heavy (non-hydrogen) atoms. The number of benzene rings is 1. The third-order valence-corrected chi connectivity index (χ3v) is 8.70. The summed E-state index contributed by atoms with van der Waals surface area (Å²) in [5.74, 6) is -1.04. The van der Waals surface area contributed by atoms with Crippen molar-refractivity contribution in [2.45, 2.75) is 53.0 Å². The summed E-state index contributed by atoms with van der Waals surface area (Å²) in [7, 11) is 1.46. The fraction of sp³-hybridized carbons (Fsp3) is 0.483. The average molecular weight is 572 g/mol. The van der Waals surface area contributed by atoms with E-state index in [-0.39, 0.29) is 50.6 Å². The highest BCUT2D eigenvalue weighted by atomic mass is 32.1. The molecule has 2 N–H and O–H groups in total. The van der Waals surface area contributed by atoms with E-state index in [0.717, 1.165) is 30.6 Å². The van der Waals surface area contributed by atoms with Crippen molar-refractivity contribution in [1.82, 2.24) is 4.57 Å². The number of hydrogen-bond acceptors (Lipinski definition) is 9. The van der Waals surface area contributed by atoms with E-state index in [0.29, 0.717) is 29.1 Å². The molecule has 11 heteroatoms. The number of ether oxygens (including phenoxy) is 3. The quantitative estimate of drug-likeness (QED) is 0.225. The number of anilines is 1. The largest absolute Gasteiger partial charge is 0.492 e. The van der Waals surface area contributed by atoms with Gasteiger partial charge in [0.15, 0.2) is 23.1 Å². The van der Waals surface area contributed by atoms with E-state index >= 15 is 4.39 Å². The summed E-state index contributed by atoms with van der Waals surface area (Å²) in [5, 5.41) is 0.289. The van der Waals surface area contributed by atoms with E-state index < -0.39 is 29.4 Å². The zero-order valence-corrected chi connectivity index (χ0v) is 24.2. The van der Waals surface area contributed by atoms with Gasteiger partial charge in [0.2, 0.25) is 12.2 Å². The molecule has 0 spiro atoms. The molecule has 0 bridgehead atoms. The van der Waals surface area contributed by atoms with E-state index in [4.69, 9.17) is 19.9 Å². The molecule has 1 aliphatic carbocycles. The smallest absolute Gasteiger partial charge is 0.314 e. The minimum atomic E-state index is -0.753. The van der Waals surface area contributed by atoms with Gasteiger partial charge in [-0.05, 0) is 46.1 Å². The van der Waals surface area contributed by atoms with Crippen molar-refractivity contribution in [3.8, 4) is 11.5 Å². The Balaban J connectivity index is 1.73. The highest BCUT2D eigenvalue weighted by Crippen LogP contribution is 2.49. The molecule has 0 radical (unpaired) electrons. The summed E-state index contributed by atoms with van der Waals surface area (Å²) in [6.07, 6.45) is 2.45. The second kappa shape index (κ2) is 10.1. The maximum atomic E-state index is 15.8. The van der Waals surface area contributed by atoms with Crippen LogP contribution >= 0.6 is 11.3 Å². The van der Waals surface area contributed by atoms with Gasteiger partial charge in [-0.15, -0.1) is 11.3 Å². The molecule has 214 valence electrons. The van der Waals surface area contributed by atoms with Crippen LogP contribution in [0.1, 0.15) is 62.7 Å². The molecule has 5 rings (SSSR count). The van der Waals surface area contributed by atoms with Gasteiger partial charge in [0.25, 0.3) is 0 Å². The second-order valence-corrected chi connectivity index (χ2v) is 12.5. The molecule has 3 aromatic rings. The Bertz CT molecular complexity index is 1610. The summed E-state index contributed by atoms with van der Waals surface area (Å²) in [6.45, 7) is 11.0. The van der Waals surface area contributed by atoms with Crippen LogP contribution < -0.4 is 25.5 Å². The van der Waals surface area contributed by atoms with Gasteiger partial charge in [-0.25, -0.2) is 4.39 Å². The van der Waals surface area contributed by atoms with E-state index in [1.807, 2.05) is 9.47 Å². The number of ketones is 1. The number of rotatable bonds is 8. The van der Waals surface area contributed by atoms with Gasteiger partial charge in [-0.3, -0.25) is 14.4 Å². The van der Waals surface area contributed by atoms with Gasteiger partial charge in [-0.1, -0.05) is 6.58 Å². The molecule has 1 atom stereocenters. The lowest BCUT2D eigenvalue weighted by Gasteiger charge is -2.25. The van der Waals surface area contributed by atoms with E-state index in [1.165, 1.54) is 20.1 Å². The van der Waals surface area contributed by atoms with Crippen LogP contribution in [0.4, 0.5) is 10.1 Å². The van der Waals surface area contributed by atoms with Gasteiger partial charge in [0.1, 0.15) is 20.8 Å². The van der Waals surface area contributed by atoms with Crippen LogP contribution in [0.25, 0.3) is 21.1 Å². The minimum Gasteiger partial charge on any atom is -0.492 e. The first-order valence-electron chi connectivity index (χ1n) is 13.3. The molecule has 0 amide bonds. The summed E-state index contributed by atoms with van der Waals surface area (Å²) in [5.41, 5.74) is 6.02. The molecule has 2 aliphatic rings.